The molecule has 0 spiro atoms. The van der Waals surface area contributed by atoms with Crippen LogP contribution in [0.4, 0.5) is 4.39 Å². The number of benzene rings is 1. The molecule has 1 amide bonds. The average molecular weight is 250 g/mol. The zero-order valence-corrected chi connectivity index (χ0v) is 10.6. The van der Waals surface area contributed by atoms with Crippen molar-refractivity contribution < 1.29 is 9.18 Å². The van der Waals surface area contributed by atoms with E-state index in [-0.39, 0.29) is 17.8 Å². The van der Waals surface area contributed by atoms with E-state index in [2.05, 4.69) is 0 Å². The third-order valence-electron chi connectivity index (χ3n) is 3.55. The Morgan fingerprint density at radius 1 is 1.50 bits per heavy atom. The third kappa shape index (κ3) is 2.53. The summed E-state index contributed by atoms with van der Waals surface area (Å²) in [4.78, 5) is 14.0. The van der Waals surface area contributed by atoms with Crippen LogP contribution in [0.15, 0.2) is 24.3 Å². The van der Waals surface area contributed by atoms with Crippen LogP contribution >= 0.6 is 0 Å². The van der Waals surface area contributed by atoms with Crippen molar-refractivity contribution >= 4 is 5.91 Å². The van der Waals surface area contributed by atoms with Crippen LogP contribution in [0.25, 0.3) is 0 Å². The smallest absolute Gasteiger partial charge is 0.239 e. The molecule has 0 unspecified atom stereocenters. The Hall–Kier alpha value is -1.42. The van der Waals surface area contributed by atoms with Gasteiger partial charge in [0.05, 0.1) is 12.1 Å². The minimum absolute atomic E-state index is 0.00400. The topological polar surface area (TPSA) is 46.3 Å². The number of halogens is 1. The van der Waals surface area contributed by atoms with E-state index in [9.17, 15) is 9.18 Å². The molecule has 18 heavy (non-hydrogen) atoms. The molecular weight excluding hydrogens is 231 g/mol. The fourth-order valence-corrected chi connectivity index (χ4v) is 2.45. The standard InChI is InChI=1S/C14H19FN2O/c1-2-12(16)14(18)17-9-3-4-13(17)10-5-7-11(15)8-6-10/h5-8,12-13H,2-4,9,16H2,1H3/t12-,13-/m0/s1. The molecule has 0 aliphatic carbocycles. The molecule has 3 nitrogen and oxygen atoms in total. The summed E-state index contributed by atoms with van der Waals surface area (Å²) in [6, 6.07) is 6.01. The number of amides is 1. The first-order valence-electron chi connectivity index (χ1n) is 6.45. The summed E-state index contributed by atoms with van der Waals surface area (Å²) in [7, 11) is 0. The minimum atomic E-state index is -0.425. The molecule has 1 fully saturated rings. The normalized spacial score (nSPS) is 21.1. The van der Waals surface area contributed by atoms with Gasteiger partial charge in [-0.1, -0.05) is 19.1 Å². The van der Waals surface area contributed by atoms with Crippen molar-refractivity contribution in [3.05, 3.63) is 35.6 Å². The highest BCUT2D eigenvalue weighted by Crippen LogP contribution is 2.32. The maximum Gasteiger partial charge on any atom is 0.239 e. The number of hydrogen-bond acceptors (Lipinski definition) is 2. The maximum atomic E-state index is 12.9. The van der Waals surface area contributed by atoms with Gasteiger partial charge in [-0.05, 0) is 37.0 Å². The van der Waals surface area contributed by atoms with Gasteiger partial charge in [-0.15, -0.1) is 0 Å². The van der Waals surface area contributed by atoms with Crippen LogP contribution in [0.2, 0.25) is 0 Å². The zero-order valence-electron chi connectivity index (χ0n) is 10.6. The van der Waals surface area contributed by atoms with Crippen LogP contribution < -0.4 is 5.73 Å². The van der Waals surface area contributed by atoms with Crippen molar-refractivity contribution in [3.63, 3.8) is 0 Å². The van der Waals surface area contributed by atoms with E-state index in [1.54, 1.807) is 12.1 Å². The predicted octanol–water partition coefficient (Wildman–Crippen LogP) is 2.23. The van der Waals surface area contributed by atoms with Crippen LogP contribution in [0, 0.1) is 5.82 Å². The van der Waals surface area contributed by atoms with Gasteiger partial charge in [0.1, 0.15) is 5.82 Å². The van der Waals surface area contributed by atoms with Gasteiger partial charge in [-0.3, -0.25) is 4.79 Å². The minimum Gasteiger partial charge on any atom is -0.334 e. The Bertz CT molecular complexity index is 418. The molecule has 1 aromatic carbocycles. The second-order valence-corrected chi connectivity index (χ2v) is 4.76. The van der Waals surface area contributed by atoms with Crippen LogP contribution in [-0.4, -0.2) is 23.4 Å². The quantitative estimate of drug-likeness (QED) is 0.894. The van der Waals surface area contributed by atoms with Crippen molar-refractivity contribution in [2.45, 2.75) is 38.3 Å². The van der Waals surface area contributed by atoms with Gasteiger partial charge in [-0.25, -0.2) is 4.39 Å². The number of likely N-dealkylation sites (tertiary alicyclic amines) is 1. The molecule has 1 aromatic rings. The van der Waals surface area contributed by atoms with Gasteiger partial charge in [0.25, 0.3) is 0 Å². The molecule has 1 aliphatic rings. The second-order valence-electron chi connectivity index (χ2n) is 4.76. The lowest BCUT2D eigenvalue weighted by atomic mass is 10.0. The summed E-state index contributed by atoms with van der Waals surface area (Å²) in [5, 5.41) is 0. The first kappa shape index (κ1) is 13.0. The van der Waals surface area contributed by atoms with Gasteiger partial charge in [-0.2, -0.15) is 0 Å². The number of hydrogen-bond donors (Lipinski definition) is 1. The van der Waals surface area contributed by atoms with Crippen LogP contribution in [-0.2, 0) is 4.79 Å². The van der Waals surface area contributed by atoms with Crippen LogP contribution in [0.5, 0.6) is 0 Å². The first-order chi connectivity index (χ1) is 8.63. The largest absolute Gasteiger partial charge is 0.334 e. The van der Waals surface area contributed by atoms with Crippen LogP contribution in [0.3, 0.4) is 0 Å². The summed E-state index contributed by atoms with van der Waals surface area (Å²) in [5.74, 6) is -0.246. The Kier molecular flexibility index (Phi) is 3.97. The fraction of sp³-hybridized carbons (Fsp3) is 0.500. The molecule has 4 heteroatoms. The SMILES string of the molecule is CC[C@H](N)C(=O)N1CCC[C@H]1c1ccc(F)cc1. The van der Waals surface area contributed by atoms with E-state index in [0.29, 0.717) is 6.42 Å². The molecule has 98 valence electrons. The fourth-order valence-electron chi connectivity index (χ4n) is 2.45. The lowest BCUT2D eigenvalue weighted by Gasteiger charge is -2.27. The highest BCUT2D eigenvalue weighted by Gasteiger charge is 2.31. The monoisotopic (exact) mass is 250 g/mol. The molecule has 1 saturated heterocycles. The maximum absolute atomic E-state index is 12.9. The third-order valence-corrected chi connectivity index (χ3v) is 3.55. The van der Waals surface area contributed by atoms with Crippen molar-refractivity contribution in [1.29, 1.82) is 0 Å². The summed E-state index contributed by atoms with van der Waals surface area (Å²) in [6.07, 6.45) is 2.55. The highest BCUT2D eigenvalue weighted by atomic mass is 19.1. The van der Waals surface area contributed by atoms with E-state index >= 15 is 0 Å². The van der Waals surface area contributed by atoms with Crippen molar-refractivity contribution in [2.75, 3.05) is 6.54 Å². The lowest BCUT2D eigenvalue weighted by Crippen LogP contribution is -2.43. The molecule has 0 radical (unpaired) electrons. The lowest BCUT2D eigenvalue weighted by molar-refractivity contribution is -0.133. The van der Waals surface area contributed by atoms with Crippen molar-refractivity contribution in [2.24, 2.45) is 5.73 Å². The average Bonchev–Trinajstić information content (AvgIpc) is 2.87. The van der Waals surface area contributed by atoms with E-state index in [4.69, 9.17) is 5.73 Å². The van der Waals surface area contributed by atoms with Gasteiger partial charge < -0.3 is 10.6 Å². The summed E-state index contributed by atoms with van der Waals surface area (Å²) < 4.78 is 12.9. The number of nitrogens with two attached hydrogens (primary N) is 1. The van der Waals surface area contributed by atoms with Crippen molar-refractivity contribution in [3.8, 4) is 0 Å². The highest BCUT2D eigenvalue weighted by molar-refractivity contribution is 5.82. The number of rotatable bonds is 3. The summed E-state index contributed by atoms with van der Waals surface area (Å²) >= 11 is 0. The molecule has 0 saturated carbocycles. The first-order valence-corrected chi connectivity index (χ1v) is 6.45. The summed E-state index contributed by atoms with van der Waals surface area (Å²) in [6.45, 7) is 2.65. The molecule has 1 heterocycles. The van der Waals surface area contributed by atoms with Gasteiger partial charge >= 0.3 is 0 Å². The Morgan fingerprint density at radius 3 is 2.78 bits per heavy atom. The van der Waals surface area contributed by atoms with E-state index in [1.807, 2.05) is 11.8 Å². The van der Waals surface area contributed by atoms with Crippen molar-refractivity contribution in [1.82, 2.24) is 4.90 Å². The Morgan fingerprint density at radius 2 is 2.17 bits per heavy atom. The molecule has 0 aromatic heterocycles. The van der Waals surface area contributed by atoms with Gasteiger partial charge in [0.2, 0.25) is 5.91 Å². The molecule has 2 rings (SSSR count). The van der Waals surface area contributed by atoms with Gasteiger partial charge in [0, 0.05) is 6.54 Å². The molecular formula is C14H19FN2O. The van der Waals surface area contributed by atoms with E-state index in [0.717, 1.165) is 24.9 Å². The number of carbonyl (C=O) groups is 1. The van der Waals surface area contributed by atoms with Gasteiger partial charge in [0.15, 0.2) is 0 Å². The Balaban J connectivity index is 2.17. The number of carbonyl (C=O) groups excluding carboxylic acids is 1. The Labute approximate surface area is 107 Å². The molecule has 1 aliphatic heterocycles. The van der Waals surface area contributed by atoms with E-state index < -0.39 is 6.04 Å². The van der Waals surface area contributed by atoms with E-state index in [1.165, 1.54) is 12.1 Å². The predicted molar refractivity (Wildman–Crippen MR) is 68.4 cm³/mol. The molecule has 2 atom stereocenters. The molecule has 0 bridgehead atoms. The zero-order chi connectivity index (χ0) is 13.1. The van der Waals surface area contributed by atoms with Crippen LogP contribution in [0.1, 0.15) is 37.8 Å². The summed E-state index contributed by atoms with van der Waals surface area (Å²) in [5.41, 5.74) is 6.80. The second kappa shape index (κ2) is 5.48. The molecule has 2 N–H and O–H groups in total. The number of nitrogens with zero attached hydrogens (tertiary/aromatic N) is 1.